The first kappa shape index (κ1) is 6.03. The van der Waals surface area contributed by atoms with E-state index in [-0.39, 0.29) is 0 Å². The molecule has 0 aliphatic heterocycles. The molecule has 0 aliphatic rings. The van der Waals surface area contributed by atoms with E-state index >= 15 is 0 Å². The Hall–Kier alpha value is 0.0300. The van der Waals surface area contributed by atoms with Gasteiger partial charge in [0.05, 0.1) is 0 Å². The van der Waals surface area contributed by atoms with Crippen molar-refractivity contribution in [2.24, 2.45) is 0 Å². The second kappa shape index (κ2) is 5.03. The number of allylic oxidation sites excluding steroid dienone is 1. The Balaban J connectivity index is 2.49. The Labute approximate surface area is 43.8 Å². The molecule has 0 saturated carbocycles. The van der Waals surface area contributed by atoms with Gasteiger partial charge in [-0.15, -0.1) is 18.2 Å². The van der Waals surface area contributed by atoms with Crippen LogP contribution in [0.25, 0.3) is 0 Å². The fourth-order valence-electron chi connectivity index (χ4n) is 0.181. The quantitative estimate of drug-likeness (QED) is 0.291. The molecule has 6 heavy (non-hydrogen) atoms. The highest BCUT2D eigenvalue weighted by Crippen LogP contribution is 1.87. The van der Waals surface area contributed by atoms with Gasteiger partial charge in [0, 0.05) is 5.88 Å². The van der Waals surface area contributed by atoms with Crippen molar-refractivity contribution in [2.45, 2.75) is 6.42 Å². The Kier molecular flexibility index (Phi) is 5.06. The van der Waals surface area contributed by atoms with Crippen molar-refractivity contribution in [1.29, 1.82) is 0 Å². The van der Waals surface area contributed by atoms with Crippen LogP contribution in [0.4, 0.5) is 0 Å². The van der Waals surface area contributed by atoms with Gasteiger partial charge >= 0.3 is 0 Å². The zero-order valence-electron chi connectivity index (χ0n) is 3.65. The molecule has 1 heteroatoms. The van der Waals surface area contributed by atoms with Crippen LogP contribution in [0.2, 0.25) is 0 Å². The van der Waals surface area contributed by atoms with Crippen LogP contribution in [-0.2, 0) is 0 Å². The zero-order valence-corrected chi connectivity index (χ0v) is 4.41. The molecule has 0 bridgehead atoms. The molecular formula is C5H8Cl. The van der Waals surface area contributed by atoms with E-state index in [9.17, 15) is 0 Å². The van der Waals surface area contributed by atoms with Gasteiger partial charge in [0.1, 0.15) is 0 Å². The molecule has 0 aliphatic carbocycles. The van der Waals surface area contributed by atoms with Gasteiger partial charge in [-0.2, -0.15) is 0 Å². The molecule has 0 heterocycles. The minimum atomic E-state index is 0.631. The monoisotopic (exact) mass is 103 g/mol. The maximum atomic E-state index is 5.28. The summed E-state index contributed by atoms with van der Waals surface area (Å²) in [6.45, 7) is 3.51. The first-order chi connectivity index (χ1) is 2.91. The summed E-state index contributed by atoms with van der Waals surface area (Å²) < 4.78 is 0. The van der Waals surface area contributed by atoms with Crippen molar-refractivity contribution in [3.05, 3.63) is 19.1 Å². The second-order valence-corrected chi connectivity index (χ2v) is 1.28. The lowest BCUT2D eigenvalue weighted by atomic mass is 10.3. The van der Waals surface area contributed by atoms with Gasteiger partial charge in [-0.25, -0.2) is 0 Å². The van der Waals surface area contributed by atoms with E-state index in [4.69, 9.17) is 11.6 Å². The van der Waals surface area contributed by atoms with E-state index < -0.39 is 0 Å². The van der Waals surface area contributed by atoms with Crippen LogP contribution >= 0.6 is 11.6 Å². The summed E-state index contributed by atoms with van der Waals surface area (Å²) in [4.78, 5) is 0. The third kappa shape index (κ3) is 4.03. The summed E-state index contributed by atoms with van der Waals surface area (Å²) in [5.41, 5.74) is 0. The van der Waals surface area contributed by atoms with Gasteiger partial charge in [0.25, 0.3) is 0 Å². The minimum absolute atomic E-state index is 0.631. The molecule has 0 rings (SSSR count). The predicted molar refractivity (Wildman–Crippen MR) is 29.8 cm³/mol. The number of unbranched alkanes of at least 4 members (excludes halogenated alkanes) is 1. The predicted octanol–water partition coefficient (Wildman–Crippen LogP) is 2.01. The van der Waals surface area contributed by atoms with Crippen LogP contribution in [0.3, 0.4) is 0 Å². The van der Waals surface area contributed by atoms with E-state index in [1.165, 1.54) is 0 Å². The summed E-state index contributed by atoms with van der Waals surface area (Å²) in [6.07, 6.45) is 4.69. The summed E-state index contributed by atoms with van der Waals surface area (Å²) in [6, 6.07) is 0. The van der Waals surface area contributed by atoms with E-state index in [2.05, 4.69) is 6.58 Å². The van der Waals surface area contributed by atoms with Gasteiger partial charge in [-0.05, 0) is 12.8 Å². The van der Waals surface area contributed by atoms with Crippen LogP contribution in [0.15, 0.2) is 12.7 Å². The molecule has 0 saturated heterocycles. The molecule has 0 N–H and O–H groups in total. The lowest BCUT2D eigenvalue weighted by molar-refractivity contribution is 1.23. The number of hydrogen-bond donors (Lipinski definition) is 0. The molecule has 0 aromatic rings. The summed E-state index contributed by atoms with van der Waals surface area (Å²) in [5.74, 6) is 0.631. The average molecular weight is 104 g/mol. The molecule has 1 radical (unpaired) electrons. The van der Waals surface area contributed by atoms with Crippen LogP contribution in [0.1, 0.15) is 6.42 Å². The Morgan fingerprint density at radius 1 is 1.67 bits per heavy atom. The molecule has 35 valence electrons. The summed E-state index contributed by atoms with van der Waals surface area (Å²) in [5, 5.41) is 0. The SMILES string of the molecule is C=CC[CH]CCl. The van der Waals surface area contributed by atoms with Crippen molar-refractivity contribution >= 4 is 11.6 Å². The lowest BCUT2D eigenvalue weighted by Crippen LogP contribution is -1.69. The third-order valence-electron chi connectivity index (χ3n) is 0.442. The van der Waals surface area contributed by atoms with E-state index in [1.807, 2.05) is 12.5 Å². The number of alkyl halides is 1. The van der Waals surface area contributed by atoms with Crippen molar-refractivity contribution in [3.63, 3.8) is 0 Å². The van der Waals surface area contributed by atoms with E-state index in [0.717, 1.165) is 6.42 Å². The Morgan fingerprint density at radius 3 is 2.50 bits per heavy atom. The first-order valence-electron chi connectivity index (χ1n) is 1.90. The number of rotatable bonds is 3. The highest BCUT2D eigenvalue weighted by molar-refractivity contribution is 6.18. The van der Waals surface area contributed by atoms with Gasteiger partial charge in [-0.3, -0.25) is 0 Å². The maximum absolute atomic E-state index is 5.28. The van der Waals surface area contributed by atoms with Gasteiger partial charge in [-0.1, -0.05) is 6.08 Å². The summed E-state index contributed by atoms with van der Waals surface area (Å²) >= 11 is 5.28. The van der Waals surface area contributed by atoms with Crippen molar-refractivity contribution in [2.75, 3.05) is 5.88 Å². The van der Waals surface area contributed by atoms with E-state index in [1.54, 1.807) is 0 Å². The Bertz CT molecular complexity index is 32.9. The lowest BCUT2D eigenvalue weighted by Gasteiger charge is -1.79. The number of halogens is 1. The zero-order chi connectivity index (χ0) is 4.83. The fourth-order valence-corrected chi connectivity index (χ4v) is 0.307. The molecule has 0 aromatic carbocycles. The third-order valence-corrected chi connectivity index (χ3v) is 0.661. The maximum Gasteiger partial charge on any atom is 0.0257 e. The summed E-state index contributed by atoms with van der Waals surface area (Å²) in [7, 11) is 0. The second-order valence-electron chi connectivity index (χ2n) is 0.967. The first-order valence-corrected chi connectivity index (χ1v) is 2.43. The molecule has 0 fully saturated rings. The van der Waals surface area contributed by atoms with Crippen LogP contribution in [0, 0.1) is 6.42 Å². The molecule has 0 atom stereocenters. The topological polar surface area (TPSA) is 0 Å². The van der Waals surface area contributed by atoms with Crippen molar-refractivity contribution < 1.29 is 0 Å². The van der Waals surface area contributed by atoms with E-state index in [0.29, 0.717) is 5.88 Å². The molecule has 0 aromatic heterocycles. The molecule has 0 amide bonds. The van der Waals surface area contributed by atoms with Crippen molar-refractivity contribution in [3.8, 4) is 0 Å². The number of hydrogen-bond acceptors (Lipinski definition) is 0. The van der Waals surface area contributed by atoms with Crippen LogP contribution in [0.5, 0.6) is 0 Å². The molecule has 0 unspecified atom stereocenters. The van der Waals surface area contributed by atoms with Gasteiger partial charge in [0.2, 0.25) is 0 Å². The normalized spacial score (nSPS) is 8.17. The minimum Gasteiger partial charge on any atom is -0.126 e. The average Bonchev–Trinajstić information content (AvgIpc) is 1.61. The molecule has 0 nitrogen and oxygen atoms in total. The molecular weight excluding hydrogens is 95.5 g/mol. The fraction of sp³-hybridized carbons (Fsp3) is 0.400. The molecule has 0 spiro atoms. The highest BCUT2D eigenvalue weighted by atomic mass is 35.5. The van der Waals surface area contributed by atoms with Gasteiger partial charge < -0.3 is 0 Å². The van der Waals surface area contributed by atoms with Crippen molar-refractivity contribution in [1.82, 2.24) is 0 Å². The van der Waals surface area contributed by atoms with Crippen LogP contribution < -0.4 is 0 Å². The Morgan fingerprint density at radius 2 is 2.33 bits per heavy atom. The van der Waals surface area contributed by atoms with Crippen LogP contribution in [-0.4, -0.2) is 5.88 Å². The van der Waals surface area contributed by atoms with Gasteiger partial charge in [0.15, 0.2) is 0 Å². The standard InChI is InChI=1S/C5H8Cl/c1-2-3-4-5-6/h2,4H,1,3,5H2. The highest BCUT2D eigenvalue weighted by Gasteiger charge is 1.73. The largest absolute Gasteiger partial charge is 0.126 e. The smallest absolute Gasteiger partial charge is 0.0257 e.